The fraction of sp³-hybridized carbons (Fsp3) is 1.00. The molecule has 0 spiro atoms. The van der Waals surface area contributed by atoms with Gasteiger partial charge in [-0.1, -0.05) is 13.8 Å². The van der Waals surface area contributed by atoms with Gasteiger partial charge in [-0.2, -0.15) is 0 Å². The van der Waals surface area contributed by atoms with Gasteiger partial charge in [-0.15, -0.1) is 0 Å². The van der Waals surface area contributed by atoms with Crippen molar-refractivity contribution >= 4 is 0 Å². The SMILES string of the molecule is CC(O)(O)[C@]12CCCN1CCC2(C)C. The van der Waals surface area contributed by atoms with E-state index in [0.717, 1.165) is 32.4 Å². The number of hydrogen-bond donors (Lipinski definition) is 2. The van der Waals surface area contributed by atoms with Crippen LogP contribution in [-0.4, -0.2) is 39.5 Å². The first-order valence-electron chi connectivity index (χ1n) is 5.51. The predicted molar refractivity (Wildman–Crippen MR) is 54.8 cm³/mol. The van der Waals surface area contributed by atoms with Crippen molar-refractivity contribution in [2.45, 2.75) is 51.4 Å². The average molecular weight is 199 g/mol. The summed E-state index contributed by atoms with van der Waals surface area (Å²) in [5.41, 5.74) is -0.415. The number of rotatable bonds is 1. The fourth-order valence-electron chi connectivity index (χ4n) is 3.74. The van der Waals surface area contributed by atoms with Crippen molar-refractivity contribution < 1.29 is 10.2 Å². The molecular formula is C11H21NO2. The van der Waals surface area contributed by atoms with E-state index >= 15 is 0 Å². The number of hydrogen-bond acceptors (Lipinski definition) is 3. The molecule has 3 heteroatoms. The second-order valence-corrected chi connectivity index (χ2v) is 5.61. The summed E-state index contributed by atoms with van der Waals surface area (Å²) in [4.78, 5) is 2.27. The van der Waals surface area contributed by atoms with Crippen LogP contribution in [0.1, 0.15) is 40.0 Å². The maximum absolute atomic E-state index is 10.0. The zero-order valence-electron chi connectivity index (χ0n) is 9.38. The normalized spacial score (nSPS) is 37.5. The van der Waals surface area contributed by atoms with E-state index in [9.17, 15) is 10.2 Å². The van der Waals surface area contributed by atoms with Gasteiger partial charge in [0.05, 0.1) is 5.54 Å². The fourth-order valence-corrected chi connectivity index (χ4v) is 3.74. The first-order valence-corrected chi connectivity index (χ1v) is 5.51. The molecule has 82 valence electrons. The zero-order valence-corrected chi connectivity index (χ0v) is 9.38. The van der Waals surface area contributed by atoms with Crippen molar-refractivity contribution in [3.8, 4) is 0 Å². The Morgan fingerprint density at radius 1 is 1.14 bits per heavy atom. The van der Waals surface area contributed by atoms with Crippen LogP contribution < -0.4 is 0 Å². The van der Waals surface area contributed by atoms with Crippen LogP contribution in [0.4, 0.5) is 0 Å². The summed E-state index contributed by atoms with van der Waals surface area (Å²) in [6, 6.07) is 0. The van der Waals surface area contributed by atoms with Crippen molar-refractivity contribution in [2.24, 2.45) is 5.41 Å². The van der Waals surface area contributed by atoms with Crippen molar-refractivity contribution in [3.05, 3.63) is 0 Å². The second kappa shape index (κ2) is 2.71. The third-order valence-corrected chi connectivity index (χ3v) is 4.42. The molecule has 0 radical (unpaired) electrons. The molecule has 0 aromatic heterocycles. The van der Waals surface area contributed by atoms with Crippen LogP contribution in [0.25, 0.3) is 0 Å². The van der Waals surface area contributed by atoms with Crippen LogP contribution >= 0.6 is 0 Å². The standard InChI is InChI=1S/C11H21NO2/c1-9(2)6-8-12-7-4-5-11(9,12)10(3,13)14/h13-14H,4-8H2,1-3H3/t11-/m1/s1. The lowest BCUT2D eigenvalue weighted by Gasteiger charge is -2.49. The molecule has 14 heavy (non-hydrogen) atoms. The smallest absolute Gasteiger partial charge is 0.179 e. The van der Waals surface area contributed by atoms with Crippen LogP contribution in [0.3, 0.4) is 0 Å². The predicted octanol–water partition coefficient (Wildman–Crippen LogP) is 0.952. The third-order valence-electron chi connectivity index (χ3n) is 4.42. The molecule has 0 saturated carbocycles. The topological polar surface area (TPSA) is 43.7 Å². The zero-order chi connectivity index (χ0) is 10.6. The summed E-state index contributed by atoms with van der Waals surface area (Å²) in [6.45, 7) is 7.87. The highest BCUT2D eigenvalue weighted by Gasteiger charge is 2.64. The van der Waals surface area contributed by atoms with E-state index in [0.29, 0.717) is 0 Å². The molecule has 2 fully saturated rings. The molecule has 3 nitrogen and oxygen atoms in total. The Morgan fingerprint density at radius 2 is 1.79 bits per heavy atom. The summed E-state index contributed by atoms with van der Waals surface area (Å²) in [6.07, 6.45) is 3.05. The number of nitrogens with zero attached hydrogens (tertiary/aromatic N) is 1. The minimum absolute atomic E-state index is 0.00174. The Balaban J connectivity index is 2.45. The van der Waals surface area contributed by atoms with Gasteiger partial charge < -0.3 is 10.2 Å². The van der Waals surface area contributed by atoms with Gasteiger partial charge in [0.25, 0.3) is 0 Å². The van der Waals surface area contributed by atoms with E-state index in [1.165, 1.54) is 0 Å². The van der Waals surface area contributed by atoms with Crippen molar-refractivity contribution in [2.75, 3.05) is 13.1 Å². The molecule has 2 saturated heterocycles. The van der Waals surface area contributed by atoms with Crippen LogP contribution in [0.5, 0.6) is 0 Å². The van der Waals surface area contributed by atoms with Crippen molar-refractivity contribution in [1.82, 2.24) is 4.90 Å². The lowest BCUT2D eigenvalue weighted by molar-refractivity contribution is -0.245. The monoisotopic (exact) mass is 199 g/mol. The largest absolute Gasteiger partial charge is 0.364 e. The second-order valence-electron chi connectivity index (χ2n) is 5.61. The molecule has 0 aliphatic carbocycles. The molecular weight excluding hydrogens is 178 g/mol. The highest BCUT2D eigenvalue weighted by Crippen LogP contribution is 2.55. The Morgan fingerprint density at radius 3 is 2.29 bits per heavy atom. The quantitative estimate of drug-likeness (QED) is 0.618. The first kappa shape index (κ1) is 10.4. The van der Waals surface area contributed by atoms with Crippen LogP contribution in [0.15, 0.2) is 0 Å². The van der Waals surface area contributed by atoms with Gasteiger partial charge in [0.1, 0.15) is 0 Å². The number of aliphatic hydroxyl groups is 2. The molecule has 0 unspecified atom stereocenters. The van der Waals surface area contributed by atoms with Gasteiger partial charge >= 0.3 is 0 Å². The van der Waals surface area contributed by atoms with E-state index in [-0.39, 0.29) is 5.41 Å². The minimum Gasteiger partial charge on any atom is -0.364 e. The van der Waals surface area contributed by atoms with E-state index in [2.05, 4.69) is 18.7 Å². The van der Waals surface area contributed by atoms with Crippen LogP contribution in [0, 0.1) is 5.41 Å². The Kier molecular flexibility index (Phi) is 2.02. The van der Waals surface area contributed by atoms with E-state index in [4.69, 9.17) is 0 Å². The van der Waals surface area contributed by atoms with E-state index < -0.39 is 11.3 Å². The van der Waals surface area contributed by atoms with Gasteiger partial charge in [0.15, 0.2) is 5.79 Å². The lowest BCUT2D eigenvalue weighted by Crippen LogP contribution is -2.63. The van der Waals surface area contributed by atoms with Crippen molar-refractivity contribution in [1.29, 1.82) is 0 Å². The van der Waals surface area contributed by atoms with Gasteiger partial charge in [-0.3, -0.25) is 4.90 Å². The average Bonchev–Trinajstić information content (AvgIpc) is 2.50. The third kappa shape index (κ3) is 1.03. The summed E-state index contributed by atoms with van der Waals surface area (Å²) in [5, 5.41) is 20.1. The molecule has 1 atom stereocenters. The molecule has 0 bridgehead atoms. The van der Waals surface area contributed by atoms with Crippen LogP contribution in [0.2, 0.25) is 0 Å². The maximum Gasteiger partial charge on any atom is 0.179 e. The molecule has 2 heterocycles. The molecule has 2 aliphatic rings. The van der Waals surface area contributed by atoms with E-state index in [1.54, 1.807) is 6.92 Å². The summed E-state index contributed by atoms with van der Waals surface area (Å²) < 4.78 is 0. The first-order chi connectivity index (χ1) is 6.31. The summed E-state index contributed by atoms with van der Waals surface area (Å²) in [5.74, 6) is -1.58. The summed E-state index contributed by atoms with van der Waals surface area (Å²) >= 11 is 0. The highest BCUT2D eigenvalue weighted by atomic mass is 16.5. The van der Waals surface area contributed by atoms with Crippen molar-refractivity contribution in [3.63, 3.8) is 0 Å². The van der Waals surface area contributed by atoms with Gasteiger partial charge in [-0.05, 0) is 44.7 Å². The molecule has 2 rings (SSSR count). The minimum atomic E-state index is -1.58. The van der Waals surface area contributed by atoms with E-state index in [1.807, 2.05) is 0 Å². The Hall–Kier alpha value is -0.120. The molecule has 0 amide bonds. The Bertz CT molecular complexity index is 244. The molecule has 2 aliphatic heterocycles. The van der Waals surface area contributed by atoms with Gasteiger partial charge in [-0.25, -0.2) is 0 Å². The number of fused-ring (bicyclic) bond motifs is 1. The van der Waals surface area contributed by atoms with Gasteiger partial charge in [0.2, 0.25) is 0 Å². The maximum atomic E-state index is 10.0. The molecule has 2 N–H and O–H groups in total. The molecule has 0 aromatic carbocycles. The van der Waals surface area contributed by atoms with Gasteiger partial charge in [0, 0.05) is 0 Å². The molecule has 0 aromatic rings. The summed E-state index contributed by atoms with van der Waals surface area (Å²) in [7, 11) is 0. The highest BCUT2D eigenvalue weighted by molar-refractivity contribution is 5.15. The Labute approximate surface area is 85.7 Å². The lowest BCUT2D eigenvalue weighted by atomic mass is 9.67. The van der Waals surface area contributed by atoms with Crippen LogP contribution in [-0.2, 0) is 0 Å².